The van der Waals surface area contributed by atoms with Crippen molar-refractivity contribution < 1.29 is 13.2 Å². The molecule has 0 unspecified atom stereocenters. The summed E-state index contributed by atoms with van der Waals surface area (Å²) in [7, 11) is 0. The van der Waals surface area contributed by atoms with E-state index >= 15 is 0 Å². The minimum absolute atomic E-state index is 0.0619. The lowest BCUT2D eigenvalue weighted by atomic mass is 10.2. The summed E-state index contributed by atoms with van der Waals surface area (Å²) in [6, 6.07) is 0. The van der Waals surface area contributed by atoms with Crippen LogP contribution in [-0.2, 0) is 0 Å². The molecule has 3 rings (SSSR count). The van der Waals surface area contributed by atoms with Crippen LogP contribution in [0.15, 0.2) is 12.4 Å². The van der Waals surface area contributed by atoms with E-state index in [0.717, 1.165) is 0 Å². The van der Waals surface area contributed by atoms with Crippen LogP contribution in [0.4, 0.5) is 19.0 Å². The van der Waals surface area contributed by atoms with E-state index in [9.17, 15) is 13.2 Å². The maximum absolute atomic E-state index is 12.9. The summed E-state index contributed by atoms with van der Waals surface area (Å²) in [5, 5.41) is 10.1. The maximum atomic E-state index is 12.9. The molecule has 8 heteroatoms. The molecule has 18 heavy (non-hydrogen) atoms. The topological polar surface area (TPSA) is 55.1 Å². The zero-order chi connectivity index (χ0) is 13.0. The number of nitrogens with one attached hydrogen (secondary N) is 1. The Kier molecular flexibility index (Phi) is 2.08. The molecule has 96 valence electrons. The number of alkyl halides is 3. The van der Waals surface area contributed by atoms with Gasteiger partial charge >= 0.3 is 6.18 Å². The van der Waals surface area contributed by atoms with Crippen LogP contribution in [0, 0.1) is 6.92 Å². The van der Waals surface area contributed by atoms with Crippen LogP contribution in [0.25, 0.3) is 5.65 Å². The lowest BCUT2D eigenvalue weighted by molar-refractivity contribution is -0.151. The van der Waals surface area contributed by atoms with Gasteiger partial charge in [0, 0.05) is 12.4 Å². The third-order valence-corrected chi connectivity index (χ3v) is 3.15. The molecule has 2 heterocycles. The molecule has 1 fully saturated rings. The molecular formula is C10H10F3N5. The van der Waals surface area contributed by atoms with Crippen molar-refractivity contribution in [2.45, 2.75) is 31.5 Å². The molecule has 5 nitrogen and oxygen atoms in total. The molecule has 2 aromatic heterocycles. The number of hydrogen-bond acceptors (Lipinski definition) is 4. The second-order valence-corrected chi connectivity index (χ2v) is 4.42. The van der Waals surface area contributed by atoms with Crippen LogP contribution in [0.3, 0.4) is 0 Å². The largest absolute Gasteiger partial charge is 0.411 e. The number of fused-ring (bicyclic) bond motifs is 1. The Morgan fingerprint density at radius 2 is 2.06 bits per heavy atom. The Balaban J connectivity index is 2.01. The van der Waals surface area contributed by atoms with E-state index in [2.05, 4.69) is 20.5 Å². The van der Waals surface area contributed by atoms with Gasteiger partial charge in [-0.3, -0.25) is 4.40 Å². The molecule has 0 amide bonds. The van der Waals surface area contributed by atoms with Gasteiger partial charge in [0.25, 0.3) is 0 Å². The summed E-state index contributed by atoms with van der Waals surface area (Å²) < 4.78 is 40.2. The summed E-state index contributed by atoms with van der Waals surface area (Å²) in [6.45, 7) is 1.72. The standard InChI is InChI=1S/C10H10F3N5/c1-6-16-17-8-7(14-4-5-18(6)8)15-9(2-3-9)10(11,12)13/h4-5H,2-3H2,1H3,(H,14,15). The summed E-state index contributed by atoms with van der Waals surface area (Å²) in [4.78, 5) is 3.92. The molecule has 0 spiro atoms. The van der Waals surface area contributed by atoms with Gasteiger partial charge in [-0.25, -0.2) is 4.98 Å². The number of anilines is 1. The molecule has 1 N–H and O–H groups in total. The SMILES string of the molecule is Cc1nnc2c(NC3(C(F)(F)F)CC3)nccn12. The van der Waals surface area contributed by atoms with Gasteiger partial charge in [0.1, 0.15) is 11.4 Å². The Labute approximate surface area is 100 Å². The first-order valence-electron chi connectivity index (χ1n) is 5.44. The molecule has 0 aromatic carbocycles. The fourth-order valence-electron chi connectivity index (χ4n) is 1.86. The van der Waals surface area contributed by atoms with E-state index in [1.807, 2.05) is 0 Å². The van der Waals surface area contributed by atoms with Crippen molar-refractivity contribution in [1.29, 1.82) is 0 Å². The van der Waals surface area contributed by atoms with Crippen LogP contribution in [-0.4, -0.2) is 31.3 Å². The van der Waals surface area contributed by atoms with E-state index in [0.29, 0.717) is 11.5 Å². The molecule has 0 bridgehead atoms. The van der Waals surface area contributed by atoms with Crippen LogP contribution < -0.4 is 5.32 Å². The molecule has 1 saturated carbocycles. The van der Waals surface area contributed by atoms with Crippen molar-refractivity contribution in [2.24, 2.45) is 0 Å². The molecule has 0 saturated heterocycles. The van der Waals surface area contributed by atoms with Crippen molar-refractivity contribution >= 4 is 11.5 Å². The van der Waals surface area contributed by atoms with Crippen molar-refractivity contribution in [2.75, 3.05) is 5.32 Å². The highest BCUT2D eigenvalue weighted by Crippen LogP contribution is 2.51. The van der Waals surface area contributed by atoms with E-state index in [1.54, 1.807) is 17.5 Å². The van der Waals surface area contributed by atoms with Crippen molar-refractivity contribution in [1.82, 2.24) is 19.6 Å². The van der Waals surface area contributed by atoms with E-state index in [1.165, 1.54) is 6.20 Å². The van der Waals surface area contributed by atoms with E-state index in [4.69, 9.17) is 0 Å². The van der Waals surface area contributed by atoms with Crippen molar-refractivity contribution in [3.8, 4) is 0 Å². The highest BCUT2D eigenvalue weighted by atomic mass is 19.4. The Morgan fingerprint density at radius 3 is 2.67 bits per heavy atom. The second kappa shape index (κ2) is 3.33. The fraction of sp³-hybridized carbons (Fsp3) is 0.500. The van der Waals surface area contributed by atoms with Crippen LogP contribution in [0.2, 0.25) is 0 Å². The van der Waals surface area contributed by atoms with Gasteiger partial charge in [-0.05, 0) is 19.8 Å². The highest BCUT2D eigenvalue weighted by Gasteiger charge is 2.64. The third kappa shape index (κ3) is 1.52. The van der Waals surface area contributed by atoms with Gasteiger partial charge in [0.2, 0.25) is 5.65 Å². The van der Waals surface area contributed by atoms with Gasteiger partial charge in [0.15, 0.2) is 5.82 Å². The summed E-state index contributed by atoms with van der Waals surface area (Å²) >= 11 is 0. The predicted octanol–water partition coefficient (Wildman–Crippen LogP) is 1.94. The van der Waals surface area contributed by atoms with Crippen LogP contribution >= 0.6 is 0 Å². The first-order chi connectivity index (χ1) is 8.43. The first-order valence-corrected chi connectivity index (χ1v) is 5.44. The van der Waals surface area contributed by atoms with Gasteiger partial charge in [-0.2, -0.15) is 13.2 Å². The van der Waals surface area contributed by atoms with Crippen LogP contribution in [0.5, 0.6) is 0 Å². The molecular weight excluding hydrogens is 247 g/mol. The van der Waals surface area contributed by atoms with E-state index in [-0.39, 0.29) is 18.7 Å². The second-order valence-electron chi connectivity index (χ2n) is 4.42. The molecule has 0 atom stereocenters. The highest BCUT2D eigenvalue weighted by molar-refractivity contribution is 5.64. The summed E-state index contributed by atoms with van der Waals surface area (Å²) in [6.07, 6.45) is -1.11. The normalized spacial score (nSPS) is 18.0. The van der Waals surface area contributed by atoms with Gasteiger partial charge in [-0.1, -0.05) is 0 Å². The maximum Gasteiger partial charge on any atom is 0.411 e. The number of halogens is 3. The summed E-state index contributed by atoms with van der Waals surface area (Å²) in [5.41, 5.74) is -1.53. The van der Waals surface area contributed by atoms with Crippen LogP contribution in [0.1, 0.15) is 18.7 Å². The number of nitrogens with zero attached hydrogens (tertiary/aromatic N) is 4. The third-order valence-electron chi connectivity index (χ3n) is 3.15. The smallest absolute Gasteiger partial charge is 0.353 e. The zero-order valence-electron chi connectivity index (χ0n) is 9.49. The van der Waals surface area contributed by atoms with Gasteiger partial charge < -0.3 is 5.32 Å². The molecule has 2 aromatic rings. The van der Waals surface area contributed by atoms with Gasteiger partial charge in [-0.15, -0.1) is 10.2 Å². The quantitative estimate of drug-likeness (QED) is 0.893. The lowest BCUT2D eigenvalue weighted by Crippen LogP contribution is -2.39. The molecule has 1 aliphatic carbocycles. The lowest BCUT2D eigenvalue weighted by Gasteiger charge is -2.21. The van der Waals surface area contributed by atoms with E-state index < -0.39 is 11.7 Å². The predicted molar refractivity (Wildman–Crippen MR) is 57.2 cm³/mol. The first kappa shape index (κ1) is 11.2. The average Bonchev–Trinajstić information content (AvgIpc) is 2.99. The monoisotopic (exact) mass is 257 g/mol. The molecule has 0 aliphatic heterocycles. The Morgan fingerprint density at radius 1 is 1.33 bits per heavy atom. The Bertz CT molecular complexity index is 599. The van der Waals surface area contributed by atoms with Crippen molar-refractivity contribution in [3.63, 3.8) is 0 Å². The number of hydrogen-bond donors (Lipinski definition) is 1. The fourth-order valence-corrected chi connectivity index (χ4v) is 1.86. The van der Waals surface area contributed by atoms with Crippen molar-refractivity contribution in [3.05, 3.63) is 18.2 Å². The average molecular weight is 257 g/mol. The molecule has 0 radical (unpaired) electrons. The number of aromatic nitrogens is 4. The molecule has 1 aliphatic rings. The number of rotatable bonds is 2. The summed E-state index contributed by atoms with van der Waals surface area (Å²) in [5.74, 6) is 0.722. The Hall–Kier alpha value is -1.86. The van der Waals surface area contributed by atoms with Gasteiger partial charge in [0.05, 0.1) is 0 Å². The minimum atomic E-state index is -4.28. The zero-order valence-corrected chi connectivity index (χ0v) is 9.49. The number of aryl methyl sites for hydroxylation is 1. The minimum Gasteiger partial charge on any atom is -0.353 e.